The van der Waals surface area contributed by atoms with Gasteiger partial charge in [0.2, 0.25) is 0 Å². The molecule has 0 aliphatic rings. The highest BCUT2D eigenvalue weighted by atomic mass is 15.0. The highest BCUT2D eigenvalue weighted by molar-refractivity contribution is 6.22. The minimum atomic E-state index is 0.630. The Morgan fingerprint density at radius 1 is 0.298 bits per heavy atom. The van der Waals surface area contributed by atoms with Gasteiger partial charge in [0.1, 0.15) is 0 Å². The Kier molecular flexibility index (Phi) is 7.78. The standard InChI is InChI=1S/C53H34N4/c1-4-15-35(16-5-1)42-30-31-43(45-24-11-10-23-44(42)45)39-28-27-36-29-32-49-50(47(36)34-39)46-25-12-13-26-48(46)57(49)41-22-14-21-40(33-41)53-55-51(37-17-6-2-7-18-37)54-52(56-53)38-19-8-3-9-20-38/h1-34H. The summed E-state index contributed by atoms with van der Waals surface area (Å²) in [6.07, 6.45) is 0. The summed E-state index contributed by atoms with van der Waals surface area (Å²) in [6, 6.07) is 73.0. The average Bonchev–Trinajstić information content (AvgIpc) is 3.64. The molecule has 11 aromatic rings. The lowest BCUT2D eigenvalue weighted by atomic mass is 9.91. The predicted octanol–water partition coefficient (Wildman–Crippen LogP) is 13.6. The number of hydrogen-bond donors (Lipinski definition) is 0. The molecule has 4 nitrogen and oxygen atoms in total. The van der Waals surface area contributed by atoms with E-state index in [-0.39, 0.29) is 0 Å². The van der Waals surface area contributed by atoms with Gasteiger partial charge in [0, 0.05) is 33.2 Å². The third-order valence-corrected chi connectivity index (χ3v) is 11.0. The van der Waals surface area contributed by atoms with Crippen LogP contribution in [-0.4, -0.2) is 19.5 Å². The molecule has 9 aromatic carbocycles. The number of hydrogen-bond acceptors (Lipinski definition) is 3. The molecule has 2 aromatic heterocycles. The maximum absolute atomic E-state index is 5.04. The van der Waals surface area contributed by atoms with Crippen LogP contribution in [0.4, 0.5) is 0 Å². The second-order valence-electron chi connectivity index (χ2n) is 14.4. The van der Waals surface area contributed by atoms with Gasteiger partial charge in [-0.25, -0.2) is 15.0 Å². The first-order valence-corrected chi connectivity index (χ1v) is 19.3. The number of rotatable bonds is 6. The summed E-state index contributed by atoms with van der Waals surface area (Å²) >= 11 is 0. The Bertz CT molecular complexity index is 3220. The molecule has 0 saturated carbocycles. The molecule has 0 atom stereocenters. The van der Waals surface area contributed by atoms with E-state index >= 15 is 0 Å². The van der Waals surface area contributed by atoms with Gasteiger partial charge in [-0.15, -0.1) is 0 Å². The molecule has 0 saturated heterocycles. The molecule has 0 aliphatic heterocycles. The van der Waals surface area contributed by atoms with Gasteiger partial charge in [0.05, 0.1) is 11.0 Å². The lowest BCUT2D eigenvalue weighted by Gasteiger charge is -2.13. The Hall–Kier alpha value is -7.69. The maximum Gasteiger partial charge on any atom is 0.164 e. The highest BCUT2D eigenvalue weighted by Gasteiger charge is 2.18. The fraction of sp³-hybridized carbons (Fsp3) is 0. The Balaban J connectivity index is 1.09. The fourth-order valence-electron chi connectivity index (χ4n) is 8.38. The monoisotopic (exact) mass is 726 g/mol. The summed E-state index contributed by atoms with van der Waals surface area (Å²) in [4.78, 5) is 15.0. The van der Waals surface area contributed by atoms with E-state index in [4.69, 9.17) is 15.0 Å². The van der Waals surface area contributed by atoms with Crippen LogP contribution in [0.5, 0.6) is 0 Å². The molecule has 57 heavy (non-hydrogen) atoms. The van der Waals surface area contributed by atoms with Crippen LogP contribution in [0, 0.1) is 0 Å². The summed E-state index contributed by atoms with van der Waals surface area (Å²) in [6.45, 7) is 0. The number of nitrogens with zero attached hydrogens (tertiary/aromatic N) is 4. The molecule has 2 heterocycles. The molecule has 0 aliphatic carbocycles. The number of benzene rings is 9. The third kappa shape index (κ3) is 5.66. The number of fused-ring (bicyclic) bond motifs is 6. The minimum Gasteiger partial charge on any atom is -0.309 e. The second kappa shape index (κ2) is 13.6. The molecule has 0 spiro atoms. The Labute approximate surface area is 330 Å². The van der Waals surface area contributed by atoms with Crippen molar-refractivity contribution in [2.75, 3.05) is 0 Å². The lowest BCUT2D eigenvalue weighted by molar-refractivity contribution is 1.07. The van der Waals surface area contributed by atoms with Gasteiger partial charge in [-0.05, 0) is 74.1 Å². The second-order valence-corrected chi connectivity index (χ2v) is 14.4. The first-order valence-electron chi connectivity index (χ1n) is 19.3. The smallest absolute Gasteiger partial charge is 0.164 e. The normalized spacial score (nSPS) is 11.5. The number of aromatic nitrogens is 4. The molecule has 266 valence electrons. The zero-order chi connectivity index (χ0) is 37.7. The van der Waals surface area contributed by atoms with Crippen LogP contribution < -0.4 is 0 Å². The van der Waals surface area contributed by atoms with Gasteiger partial charge in [-0.3, -0.25) is 0 Å². The molecule has 0 N–H and O–H groups in total. The molecule has 4 heteroatoms. The van der Waals surface area contributed by atoms with Gasteiger partial charge < -0.3 is 4.57 Å². The van der Waals surface area contributed by atoms with Crippen LogP contribution in [0.3, 0.4) is 0 Å². The van der Waals surface area contributed by atoms with E-state index in [1.807, 2.05) is 60.7 Å². The van der Waals surface area contributed by atoms with E-state index in [2.05, 4.69) is 150 Å². The third-order valence-electron chi connectivity index (χ3n) is 11.0. The molecule has 0 fully saturated rings. The van der Waals surface area contributed by atoms with Crippen LogP contribution in [0.25, 0.3) is 105 Å². The molecule has 0 radical (unpaired) electrons. The van der Waals surface area contributed by atoms with Crippen LogP contribution in [0.2, 0.25) is 0 Å². The Morgan fingerprint density at radius 3 is 1.46 bits per heavy atom. The zero-order valence-electron chi connectivity index (χ0n) is 30.9. The quantitative estimate of drug-likeness (QED) is 0.171. The first kappa shape index (κ1) is 32.7. The first-order chi connectivity index (χ1) is 28.3. The summed E-state index contributed by atoms with van der Waals surface area (Å²) in [7, 11) is 0. The van der Waals surface area contributed by atoms with Crippen LogP contribution in [-0.2, 0) is 0 Å². The number of para-hydroxylation sites is 1. The molecule has 11 rings (SSSR count). The van der Waals surface area contributed by atoms with E-state index in [1.54, 1.807) is 0 Å². The van der Waals surface area contributed by atoms with E-state index in [1.165, 1.54) is 54.6 Å². The minimum absolute atomic E-state index is 0.630. The van der Waals surface area contributed by atoms with Gasteiger partial charge in [0.25, 0.3) is 0 Å². The molecule has 0 amide bonds. The van der Waals surface area contributed by atoms with Crippen molar-refractivity contribution in [3.63, 3.8) is 0 Å². The molecular formula is C53H34N4. The summed E-state index contributed by atoms with van der Waals surface area (Å²) < 4.78 is 2.38. The van der Waals surface area contributed by atoms with Crippen molar-refractivity contribution in [3.05, 3.63) is 206 Å². The van der Waals surface area contributed by atoms with Gasteiger partial charge in [0.15, 0.2) is 17.5 Å². The van der Waals surface area contributed by atoms with Gasteiger partial charge >= 0.3 is 0 Å². The van der Waals surface area contributed by atoms with E-state index < -0.39 is 0 Å². The topological polar surface area (TPSA) is 43.6 Å². The summed E-state index contributed by atoms with van der Waals surface area (Å²) in [5.41, 5.74) is 11.0. The van der Waals surface area contributed by atoms with Crippen LogP contribution in [0.1, 0.15) is 0 Å². The largest absolute Gasteiger partial charge is 0.309 e. The van der Waals surface area contributed by atoms with E-state index in [0.717, 1.165) is 33.4 Å². The summed E-state index contributed by atoms with van der Waals surface area (Å²) in [5.74, 6) is 1.92. The van der Waals surface area contributed by atoms with Gasteiger partial charge in [-0.1, -0.05) is 176 Å². The van der Waals surface area contributed by atoms with Gasteiger partial charge in [-0.2, -0.15) is 0 Å². The van der Waals surface area contributed by atoms with Crippen molar-refractivity contribution < 1.29 is 0 Å². The average molecular weight is 727 g/mol. The highest BCUT2D eigenvalue weighted by Crippen LogP contribution is 2.41. The van der Waals surface area contributed by atoms with Crippen molar-refractivity contribution >= 4 is 43.4 Å². The summed E-state index contributed by atoms with van der Waals surface area (Å²) in [5, 5.41) is 7.38. The van der Waals surface area contributed by atoms with E-state index in [9.17, 15) is 0 Å². The maximum atomic E-state index is 5.04. The Morgan fingerprint density at radius 2 is 0.807 bits per heavy atom. The van der Waals surface area contributed by atoms with Crippen LogP contribution >= 0.6 is 0 Å². The SMILES string of the molecule is c1ccc(-c2nc(-c3ccccc3)nc(-c3cccc(-n4c5ccccc5c5c6cc(-c7ccc(-c8ccccc8)c8ccccc78)ccc6ccc54)c3)n2)cc1. The van der Waals surface area contributed by atoms with Crippen molar-refractivity contribution in [3.8, 4) is 62.1 Å². The molecule has 0 unspecified atom stereocenters. The molecule has 0 bridgehead atoms. The van der Waals surface area contributed by atoms with Crippen molar-refractivity contribution in [2.24, 2.45) is 0 Å². The predicted molar refractivity (Wildman–Crippen MR) is 236 cm³/mol. The van der Waals surface area contributed by atoms with Crippen molar-refractivity contribution in [1.82, 2.24) is 19.5 Å². The lowest BCUT2D eigenvalue weighted by Crippen LogP contribution is -2.01. The zero-order valence-corrected chi connectivity index (χ0v) is 30.9. The van der Waals surface area contributed by atoms with Crippen LogP contribution in [0.15, 0.2) is 206 Å². The van der Waals surface area contributed by atoms with E-state index in [0.29, 0.717) is 17.5 Å². The van der Waals surface area contributed by atoms with Crippen molar-refractivity contribution in [1.29, 1.82) is 0 Å². The fourth-order valence-corrected chi connectivity index (χ4v) is 8.38. The molecular weight excluding hydrogens is 693 g/mol. The van der Waals surface area contributed by atoms with Crippen molar-refractivity contribution in [2.45, 2.75) is 0 Å².